The molecule has 1 fully saturated rings. The van der Waals surface area contributed by atoms with E-state index < -0.39 is 47.8 Å². The van der Waals surface area contributed by atoms with E-state index in [0.717, 1.165) is 17.3 Å². The standard InChI is InChI=1S/C20H23NO8S/c1-12(22)25-10-16-17(27-13(2)23)18(28-14(3)24)19(20(29-16)30-11-21)26-9-15-7-5-4-6-8-15/h4-8,16-20H,9-10H2,1-3H3. The van der Waals surface area contributed by atoms with Gasteiger partial charge in [-0.3, -0.25) is 14.4 Å². The van der Waals surface area contributed by atoms with Crippen molar-refractivity contribution in [1.29, 1.82) is 5.26 Å². The summed E-state index contributed by atoms with van der Waals surface area (Å²) in [7, 11) is 0. The number of esters is 3. The fraction of sp³-hybridized carbons (Fsp3) is 0.500. The van der Waals surface area contributed by atoms with Crippen LogP contribution in [0.2, 0.25) is 0 Å². The number of carbonyl (C=O) groups is 3. The van der Waals surface area contributed by atoms with Crippen molar-refractivity contribution in [2.75, 3.05) is 6.61 Å². The lowest BCUT2D eigenvalue weighted by molar-refractivity contribution is -0.241. The van der Waals surface area contributed by atoms with Crippen LogP contribution >= 0.6 is 11.8 Å². The highest BCUT2D eigenvalue weighted by Gasteiger charge is 2.51. The van der Waals surface area contributed by atoms with Crippen LogP contribution in [0, 0.1) is 10.7 Å². The number of nitrogens with zero attached hydrogens (tertiary/aromatic N) is 1. The van der Waals surface area contributed by atoms with Crippen molar-refractivity contribution in [2.24, 2.45) is 0 Å². The zero-order chi connectivity index (χ0) is 22.1. The molecule has 1 heterocycles. The number of nitriles is 1. The predicted octanol–water partition coefficient (Wildman–Crippen LogP) is 1.94. The van der Waals surface area contributed by atoms with Gasteiger partial charge in [0.05, 0.1) is 6.61 Å². The molecule has 1 aliphatic heterocycles. The Morgan fingerprint density at radius 2 is 1.63 bits per heavy atom. The second kappa shape index (κ2) is 11.5. The van der Waals surface area contributed by atoms with Crippen molar-refractivity contribution in [3.8, 4) is 5.40 Å². The number of thioether (sulfide) groups is 1. The number of hydrogen-bond acceptors (Lipinski definition) is 10. The quantitative estimate of drug-likeness (QED) is 0.339. The van der Waals surface area contributed by atoms with Crippen molar-refractivity contribution in [1.82, 2.24) is 0 Å². The van der Waals surface area contributed by atoms with Crippen molar-refractivity contribution in [2.45, 2.75) is 57.2 Å². The van der Waals surface area contributed by atoms with E-state index in [9.17, 15) is 19.6 Å². The Morgan fingerprint density at radius 3 is 2.20 bits per heavy atom. The van der Waals surface area contributed by atoms with E-state index in [0.29, 0.717) is 0 Å². The summed E-state index contributed by atoms with van der Waals surface area (Å²) in [5.41, 5.74) is -0.0266. The lowest BCUT2D eigenvalue weighted by Gasteiger charge is -2.43. The second-order valence-corrected chi connectivity index (χ2v) is 7.35. The van der Waals surface area contributed by atoms with Crippen LogP contribution in [-0.4, -0.2) is 54.4 Å². The van der Waals surface area contributed by atoms with E-state index in [-0.39, 0.29) is 13.2 Å². The van der Waals surface area contributed by atoms with Crippen molar-refractivity contribution in [3.63, 3.8) is 0 Å². The highest BCUT2D eigenvalue weighted by Crippen LogP contribution is 2.34. The van der Waals surface area contributed by atoms with Crippen LogP contribution in [0.1, 0.15) is 26.3 Å². The Kier molecular flexibility index (Phi) is 9.11. The highest BCUT2D eigenvalue weighted by atomic mass is 32.2. The normalized spacial score (nSPS) is 25.6. The van der Waals surface area contributed by atoms with Gasteiger partial charge >= 0.3 is 17.9 Å². The molecule has 30 heavy (non-hydrogen) atoms. The number of hydrogen-bond donors (Lipinski definition) is 0. The number of rotatable bonds is 8. The zero-order valence-electron chi connectivity index (χ0n) is 16.8. The van der Waals surface area contributed by atoms with Crippen molar-refractivity contribution >= 4 is 29.7 Å². The van der Waals surface area contributed by atoms with Gasteiger partial charge in [0, 0.05) is 20.8 Å². The van der Waals surface area contributed by atoms with Crippen molar-refractivity contribution < 1.29 is 38.1 Å². The topological polar surface area (TPSA) is 121 Å². The molecule has 1 aromatic carbocycles. The first-order chi connectivity index (χ1) is 14.3. The van der Waals surface area contributed by atoms with Gasteiger partial charge in [0.1, 0.15) is 29.7 Å². The van der Waals surface area contributed by atoms with Gasteiger partial charge in [0.25, 0.3) is 0 Å². The summed E-state index contributed by atoms with van der Waals surface area (Å²) in [4.78, 5) is 34.7. The molecule has 0 radical (unpaired) electrons. The number of carbonyl (C=O) groups excluding carboxylic acids is 3. The van der Waals surface area contributed by atoms with E-state index in [4.69, 9.17) is 23.7 Å². The second-order valence-electron chi connectivity index (χ2n) is 6.46. The largest absolute Gasteiger partial charge is 0.463 e. The average molecular weight is 437 g/mol. The summed E-state index contributed by atoms with van der Waals surface area (Å²) < 4.78 is 27.6. The molecule has 0 bridgehead atoms. The molecule has 0 N–H and O–H groups in total. The lowest BCUT2D eigenvalue weighted by atomic mass is 9.99. The number of benzene rings is 1. The molecule has 9 nitrogen and oxygen atoms in total. The summed E-state index contributed by atoms with van der Waals surface area (Å²) >= 11 is 0.771. The van der Waals surface area contributed by atoms with Crippen LogP contribution in [0.15, 0.2) is 30.3 Å². The summed E-state index contributed by atoms with van der Waals surface area (Å²) in [6.07, 6.45) is -4.04. The van der Waals surface area contributed by atoms with E-state index in [1.54, 1.807) is 0 Å². The molecule has 5 unspecified atom stereocenters. The van der Waals surface area contributed by atoms with Gasteiger partial charge in [-0.15, -0.1) is 0 Å². The summed E-state index contributed by atoms with van der Waals surface area (Å²) in [6.45, 7) is 3.53. The van der Waals surface area contributed by atoms with Gasteiger partial charge in [-0.1, -0.05) is 30.3 Å². The molecule has 1 aromatic rings. The summed E-state index contributed by atoms with van der Waals surface area (Å²) in [5.74, 6) is -1.82. The van der Waals surface area contributed by atoms with Crippen LogP contribution in [0.25, 0.3) is 0 Å². The van der Waals surface area contributed by atoms with E-state index in [2.05, 4.69) is 0 Å². The first-order valence-electron chi connectivity index (χ1n) is 9.15. The first-order valence-corrected chi connectivity index (χ1v) is 10.0. The SMILES string of the molecule is CC(=O)OCC1OC(SC#N)C(OCc2ccccc2)C(OC(C)=O)C1OC(C)=O. The third-order valence-corrected chi connectivity index (χ3v) is 4.82. The van der Waals surface area contributed by atoms with Crippen LogP contribution in [0.3, 0.4) is 0 Å². The summed E-state index contributed by atoms with van der Waals surface area (Å²) in [5, 5.41) is 11.1. The van der Waals surface area contributed by atoms with E-state index >= 15 is 0 Å². The van der Waals surface area contributed by atoms with Crippen LogP contribution in [0.5, 0.6) is 0 Å². The maximum Gasteiger partial charge on any atom is 0.303 e. The van der Waals surface area contributed by atoms with Gasteiger partial charge in [0.15, 0.2) is 12.2 Å². The Labute approximate surface area is 178 Å². The van der Waals surface area contributed by atoms with E-state index in [1.807, 2.05) is 35.7 Å². The minimum atomic E-state index is -1.10. The third kappa shape index (κ3) is 7.02. The third-order valence-electron chi connectivity index (χ3n) is 4.10. The molecule has 0 aromatic heterocycles. The van der Waals surface area contributed by atoms with Crippen LogP contribution in [-0.2, 0) is 44.7 Å². The Bertz CT molecular complexity index is 781. The Balaban J connectivity index is 2.33. The highest BCUT2D eigenvalue weighted by molar-refractivity contribution is 8.04. The number of thiocyanates is 1. The van der Waals surface area contributed by atoms with Gasteiger partial charge in [-0.25, -0.2) is 0 Å². The molecular formula is C20H23NO8S. The van der Waals surface area contributed by atoms with Gasteiger partial charge < -0.3 is 23.7 Å². The molecule has 0 amide bonds. The average Bonchev–Trinajstić information content (AvgIpc) is 2.68. The molecular weight excluding hydrogens is 414 g/mol. The fourth-order valence-corrected chi connectivity index (χ4v) is 3.63. The molecule has 10 heteroatoms. The molecule has 0 aliphatic carbocycles. The molecule has 1 saturated heterocycles. The molecule has 162 valence electrons. The monoisotopic (exact) mass is 437 g/mol. The maximum atomic E-state index is 11.8. The maximum absolute atomic E-state index is 11.8. The minimum Gasteiger partial charge on any atom is -0.463 e. The Morgan fingerprint density at radius 1 is 1.00 bits per heavy atom. The lowest BCUT2D eigenvalue weighted by Crippen LogP contribution is -2.61. The molecule has 0 saturated carbocycles. The number of ether oxygens (including phenoxy) is 5. The van der Waals surface area contributed by atoms with Crippen molar-refractivity contribution in [3.05, 3.63) is 35.9 Å². The zero-order valence-corrected chi connectivity index (χ0v) is 17.6. The predicted molar refractivity (Wildman–Crippen MR) is 105 cm³/mol. The van der Waals surface area contributed by atoms with Crippen LogP contribution < -0.4 is 0 Å². The van der Waals surface area contributed by atoms with Gasteiger partial charge in [0.2, 0.25) is 0 Å². The van der Waals surface area contributed by atoms with Crippen LogP contribution in [0.4, 0.5) is 0 Å². The fourth-order valence-electron chi connectivity index (χ4n) is 2.96. The Hall–Kier alpha value is -2.61. The molecule has 2 rings (SSSR count). The minimum absolute atomic E-state index is 0.149. The molecule has 0 spiro atoms. The van der Waals surface area contributed by atoms with Gasteiger partial charge in [-0.05, 0) is 17.3 Å². The van der Waals surface area contributed by atoms with Gasteiger partial charge in [-0.2, -0.15) is 5.26 Å². The molecule has 1 aliphatic rings. The van der Waals surface area contributed by atoms with E-state index in [1.165, 1.54) is 20.8 Å². The molecule has 5 atom stereocenters. The first kappa shape index (κ1) is 23.7. The summed E-state index contributed by atoms with van der Waals surface area (Å²) in [6, 6.07) is 9.25. The smallest absolute Gasteiger partial charge is 0.303 e.